The maximum atomic E-state index is 13.6. The molecule has 2 amide bonds. The lowest BCUT2D eigenvalue weighted by Gasteiger charge is -2.29. The lowest BCUT2D eigenvalue weighted by atomic mass is 9.99. The number of likely N-dealkylation sites (tertiary alicyclic amines) is 2. The molecule has 3 aliphatic rings. The van der Waals surface area contributed by atoms with Gasteiger partial charge in [-0.25, -0.2) is 18.7 Å². The fourth-order valence-corrected chi connectivity index (χ4v) is 5.88. The van der Waals surface area contributed by atoms with Gasteiger partial charge < -0.3 is 20.1 Å². The fourth-order valence-electron chi connectivity index (χ4n) is 5.88. The highest BCUT2D eigenvalue weighted by atomic mass is 19.3. The quantitative estimate of drug-likeness (QED) is 0.551. The molecule has 0 aliphatic carbocycles. The third-order valence-electron chi connectivity index (χ3n) is 7.75. The van der Waals surface area contributed by atoms with Crippen LogP contribution in [0.25, 0.3) is 22.8 Å². The average molecular weight is 510 g/mol. The molecule has 2 bridgehead atoms. The summed E-state index contributed by atoms with van der Waals surface area (Å²) in [6.07, 6.45) is 7.55. The summed E-state index contributed by atoms with van der Waals surface area (Å²) in [5.41, 5.74) is 3.29. The van der Waals surface area contributed by atoms with Crippen molar-refractivity contribution in [2.24, 2.45) is 5.92 Å². The first-order valence-corrected chi connectivity index (χ1v) is 12.7. The molecule has 2 N–H and O–H groups in total. The van der Waals surface area contributed by atoms with E-state index in [2.05, 4.69) is 32.2 Å². The van der Waals surface area contributed by atoms with Crippen LogP contribution in [0.5, 0.6) is 0 Å². The molecule has 0 aromatic carbocycles. The molecule has 0 radical (unpaired) electrons. The van der Waals surface area contributed by atoms with Crippen molar-refractivity contribution < 1.29 is 18.4 Å². The van der Waals surface area contributed by atoms with E-state index < -0.39 is 18.9 Å². The van der Waals surface area contributed by atoms with Gasteiger partial charge in [-0.15, -0.1) is 0 Å². The number of fused-ring (bicyclic) bond motifs is 4. The van der Waals surface area contributed by atoms with Crippen LogP contribution in [-0.4, -0.2) is 86.8 Å². The summed E-state index contributed by atoms with van der Waals surface area (Å²) in [6.45, 7) is 2.05. The van der Waals surface area contributed by atoms with Crippen LogP contribution in [0.1, 0.15) is 51.5 Å². The van der Waals surface area contributed by atoms with E-state index in [9.17, 15) is 18.4 Å². The number of hydrogen-bond donors (Lipinski definition) is 2. The van der Waals surface area contributed by atoms with Gasteiger partial charge in [0, 0.05) is 55.1 Å². The normalized spacial score (nSPS) is 21.7. The van der Waals surface area contributed by atoms with Gasteiger partial charge in [0.15, 0.2) is 0 Å². The zero-order valence-corrected chi connectivity index (χ0v) is 20.6. The van der Waals surface area contributed by atoms with Crippen molar-refractivity contribution in [3.63, 3.8) is 0 Å². The monoisotopic (exact) mass is 509 g/mol. The number of amides is 2. The maximum absolute atomic E-state index is 13.6. The van der Waals surface area contributed by atoms with Crippen LogP contribution in [0.3, 0.4) is 0 Å². The highest BCUT2D eigenvalue weighted by Gasteiger charge is 2.38. The number of hydrogen-bond acceptors (Lipinski definition) is 5. The third-order valence-corrected chi connectivity index (χ3v) is 7.75. The van der Waals surface area contributed by atoms with Crippen LogP contribution in [0, 0.1) is 5.92 Å². The predicted molar refractivity (Wildman–Crippen MR) is 134 cm³/mol. The van der Waals surface area contributed by atoms with E-state index in [1.165, 1.54) is 6.20 Å². The highest BCUT2D eigenvalue weighted by Crippen LogP contribution is 2.34. The van der Waals surface area contributed by atoms with Gasteiger partial charge in [-0.3, -0.25) is 14.2 Å². The second-order valence-electron chi connectivity index (χ2n) is 10.3. The Morgan fingerprint density at radius 1 is 1.22 bits per heavy atom. The summed E-state index contributed by atoms with van der Waals surface area (Å²) in [6, 6.07) is 2.12. The Bertz CT molecular complexity index is 1390. The largest absolute Gasteiger partial charge is 0.346 e. The molecule has 3 aromatic rings. The number of alkyl halides is 2. The molecule has 194 valence electrons. The number of carbonyl (C=O) groups is 2. The molecular weight excluding hydrogens is 480 g/mol. The number of imidazole rings is 1. The van der Waals surface area contributed by atoms with E-state index in [0.717, 1.165) is 49.0 Å². The van der Waals surface area contributed by atoms with Crippen LogP contribution < -0.4 is 5.32 Å². The number of pyridine rings is 1. The number of rotatable bonds is 5. The average Bonchev–Trinajstić information content (AvgIpc) is 3.57. The minimum Gasteiger partial charge on any atom is -0.346 e. The summed E-state index contributed by atoms with van der Waals surface area (Å²) in [5.74, 6) is 0.655. The van der Waals surface area contributed by atoms with Crippen molar-refractivity contribution in [1.29, 1.82) is 0 Å². The lowest BCUT2D eigenvalue weighted by Crippen LogP contribution is -2.43. The van der Waals surface area contributed by atoms with Gasteiger partial charge in [0.25, 0.3) is 18.2 Å². The van der Waals surface area contributed by atoms with E-state index in [0.29, 0.717) is 35.8 Å². The number of halogens is 2. The molecule has 2 fully saturated rings. The van der Waals surface area contributed by atoms with Crippen molar-refractivity contribution in [2.75, 3.05) is 33.2 Å². The summed E-state index contributed by atoms with van der Waals surface area (Å²) >= 11 is 0. The second-order valence-corrected chi connectivity index (χ2v) is 10.3. The van der Waals surface area contributed by atoms with Gasteiger partial charge in [-0.1, -0.05) is 0 Å². The molecule has 6 rings (SSSR count). The zero-order chi connectivity index (χ0) is 25.7. The number of aromatic nitrogens is 4. The molecule has 0 spiro atoms. The van der Waals surface area contributed by atoms with Gasteiger partial charge in [0.05, 0.1) is 18.3 Å². The number of allylic oxidation sites excluding steroid dienone is 1. The summed E-state index contributed by atoms with van der Waals surface area (Å²) in [7, 11) is 2.11. The highest BCUT2D eigenvalue weighted by molar-refractivity contribution is 6.01. The van der Waals surface area contributed by atoms with Gasteiger partial charge in [-0.05, 0) is 50.4 Å². The molecule has 2 saturated heterocycles. The van der Waals surface area contributed by atoms with Crippen molar-refractivity contribution in [3.8, 4) is 0 Å². The molecule has 0 saturated carbocycles. The third kappa shape index (κ3) is 4.41. The van der Waals surface area contributed by atoms with Crippen LogP contribution in [0.2, 0.25) is 0 Å². The van der Waals surface area contributed by atoms with E-state index in [-0.39, 0.29) is 17.6 Å². The Morgan fingerprint density at radius 3 is 2.92 bits per heavy atom. The first kappa shape index (κ1) is 23.8. The summed E-state index contributed by atoms with van der Waals surface area (Å²) in [4.78, 5) is 42.3. The topological polar surface area (TPSA) is 99.1 Å². The Morgan fingerprint density at radius 2 is 2.08 bits per heavy atom. The fraction of sp³-hybridized carbons (Fsp3) is 0.462. The second kappa shape index (κ2) is 9.37. The number of aromatic amines is 1. The Balaban J connectivity index is 1.30. The van der Waals surface area contributed by atoms with Gasteiger partial charge >= 0.3 is 0 Å². The Hall–Kier alpha value is -3.60. The molecule has 37 heavy (non-hydrogen) atoms. The minimum atomic E-state index is -2.63. The van der Waals surface area contributed by atoms with Crippen molar-refractivity contribution in [3.05, 3.63) is 47.3 Å². The molecule has 11 heteroatoms. The van der Waals surface area contributed by atoms with Crippen LogP contribution in [-0.2, 0) is 6.42 Å². The van der Waals surface area contributed by atoms with E-state index in [1.807, 2.05) is 23.4 Å². The number of nitrogens with zero attached hydrogens (tertiary/aromatic N) is 5. The maximum Gasteiger partial charge on any atom is 0.270 e. The Labute approximate surface area is 212 Å². The summed E-state index contributed by atoms with van der Waals surface area (Å²) in [5, 5.41) is 3.08. The van der Waals surface area contributed by atoms with Crippen LogP contribution >= 0.6 is 0 Å². The smallest absolute Gasteiger partial charge is 0.270 e. The first-order chi connectivity index (χ1) is 17.9. The SMILES string of the molecule is CN1CCC2CC(C1)N(C(=O)c1cnc3[nH]cc(C4=Cn5c(C(=O)NCC(F)F)cnc5CC4)c3c1)C2. The first-order valence-electron chi connectivity index (χ1n) is 12.7. The molecule has 2 atom stereocenters. The molecule has 9 nitrogen and oxygen atoms in total. The number of carbonyl (C=O) groups excluding carboxylic acids is 2. The molecular formula is C26H29F2N7O2. The molecule has 3 aromatic heterocycles. The van der Waals surface area contributed by atoms with E-state index in [4.69, 9.17) is 0 Å². The molecule has 3 aliphatic heterocycles. The summed E-state index contributed by atoms with van der Waals surface area (Å²) < 4.78 is 26.8. The lowest BCUT2D eigenvalue weighted by molar-refractivity contribution is 0.0692. The van der Waals surface area contributed by atoms with Crippen molar-refractivity contribution in [1.82, 2.24) is 34.6 Å². The van der Waals surface area contributed by atoms with Crippen molar-refractivity contribution in [2.45, 2.75) is 38.2 Å². The van der Waals surface area contributed by atoms with Crippen LogP contribution in [0.4, 0.5) is 8.78 Å². The minimum absolute atomic E-state index is 0.0110. The Kier molecular flexibility index (Phi) is 6.02. The zero-order valence-electron chi connectivity index (χ0n) is 20.6. The number of nitrogens with one attached hydrogen (secondary N) is 2. The number of H-pyrrole nitrogens is 1. The number of aryl methyl sites for hydroxylation is 1. The molecule has 2 unspecified atom stereocenters. The van der Waals surface area contributed by atoms with Gasteiger partial charge in [0.2, 0.25) is 0 Å². The van der Waals surface area contributed by atoms with Gasteiger partial charge in [-0.2, -0.15) is 0 Å². The predicted octanol–water partition coefficient (Wildman–Crippen LogP) is 2.86. The standard InChI is InChI=1S/C26H29F2N7O2/c1-33-5-4-15-6-18(14-33)34(12-15)26(37)17-7-19-20(9-31-24(19)30-8-17)16-2-3-23-29-10-21(35(23)13-16)25(36)32-11-22(27)28/h7-10,13,15,18,22H,2-6,11-12,14H2,1H3,(H,30,31)(H,32,36). The van der Waals surface area contributed by atoms with E-state index in [1.54, 1.807) is 10.8 Å². The van der Waals surface area contributed by atoms with Gasteiger partial charge in [0.1, 0.15) is 17.2 Å². The van der Waals surface area contributed by atoms with E-state index >= 15 is 0 Å². The number of likely N-dealkylation sites (N-methyl/N-ethyl adjacent to an activating group) is 1. The molecule has 6 heterocycles. The van der Waals surface area contributed by atoms with Crippen LogP contribution in [0.15, 0.2) is 24.7 Å². The van der Waals surface area contributed by atoms with Crippen molar-refractivity contribution >= 4 is 34.6 Å².